The maximum Gasteiger partial charge on any atom is 0.341 e. The van der Waals surface area contributed by atoms with Crippen molar-refractivity contribution in [1.82, 2.24) is 0 Å². The van der Waals surface area contributed by atoms with E-state index >= 15 is 0 Å². The number of rotatable bonds is 9. The number of anilines is 2. The zero-order chi connectivity index (χ0) is 28.1. The molecule has 0 radical (unpaired) electrons. The second kappa shape index (κ2) is 12.5. The van der Waals surface area contributed by atoms with Crippen LogP contribution in [0.4, 0.5) is 10.7 Å². The van der Waals surface area contributed by atoms with E-state index < -0.39 is 12.1 Å². The Morgan fingerprint density at radius 3 is 2.56 bits per heavy atom. The highest BCUT2D eigenvalue weighted by atomic mass is 35.5. The van der Waals surface area contributed by atoms with E-state index in [1.807, 2.05) is 0 Å². The number of fused-ring (bicyclic) bond motifs is 1. The summed E-state index contributed by atoms with van der Waals surface area (Å²) in [6.07, 6.45) is 1.83. The monoisotopic (exact) mass is 570 g/mol. The lowest BCUT2D eigenvalue weighted by Crippen LogP contribution is -2.30. The van der Waals surface area contributed by atoms with Crippen LogP contribution < -0.4 is 20.1 Å². The van der Waals surface area contributed by atoms with Gasteiger partial charge in [0.25, 0.3) is 11.8 Å². The van der Waals surface area contributed by atoms with Crippen molar-refractivity contribution in [3.63, 3.8) is 0 Å². The van der Waals surface area contributed by atoms with E-state index in [0.29, 0.717) is 44.3 Å². The first-order valence-electron chi connectivity index (χ1n) is 12.7. The number of carbonyl (C=O) groups excluding carboxylic acids is 3. The van der Waals surface area contributed by atoms with Crippen LogP contribution in [0.3, 0.4) is 0 Å². The van der Waals surface area contributed by atoms with Gasteiger partial charge in [-0.15, -0.1) is 11.3 Å². The van der Waals surface area contributed by atoms with Gasteiger partial charge in [-0.05, 0) is 87.1 Å². The van der Waals surface area contributed by atoms with Gasteiger partial charge in [-0.2, -0.15) is 0 Å². The number of carbonyl (C=O) groups is 3. The quantitative estimate of drug-likeness (QED) is 0.290. The zero-order valence-electron chi connectivity index (χ0n) is 22.3. The fourth-order valence-corrected chi connectivity index (χ4v) is 5.95. The average Bonchev–Trinajstić information content (AvgIpc) is 3.26. The molecule has 3 aromatic rings. The molecule has 1 heterocycles. The van der Waals surface area contributed by atoms with E-state index in [1.165, 1.54) is 18.4 Å². The Kier molecular flexibility index (Phi) is 9.14. The third-order valence-corrected chi connectivity index (χ3v) is 7.84. The molecule has 0 bridgehead atoms. The minimum Gasteiger partial charge on any atom is -0.495 e. The number of benzene rings is 2. The smallest absolute Gasteiger partial charge is 0.341 e. The first-order chi connectivity index (χ1) is 18.7. The van der Waals surface area contributed by atoms with Crippen LogP contribution in [0.15, 0.2) is 42.5 Å². The lowest BCUT2D eigenvalue weighted by molar-refractivity contribution is -0.122. The Bertz CT molecular complexity index is 1370. The summed E-state index contributed by atoms with van der Waals surface area (Å²) in [4.78, 5) is 39.6. The second-order valence-electron chi connectivity index (χ2n) is 9.35. The largest absolute Gasteiger partial charge is 0.495 e. The van der Waals surface area contributed by atoms with Crippen LogP contribution in [-0.4, -0.2) is 37.6 Å². The van der Waals surface area contributed by atoms with Gasteiger partial charge in [-0.3, -0.25) is 9.59 Å². The topological polar surface area (TPSA) is 103 Å². The maximum absolute atomic E-state index is 13.1. The Labute approximate surface area is 236 Å². The molecular weight excluding hydrogens is 540 g/mol. The van der Waals surface area contributed by atoms with Gasteiger partial charge in [0, 0.05) is 15.5 Å². The van der Waals surface area contributed by atoms with Gasteiger partial charge >= 0.3 is 5.97 Å². The molecule has 2 amide bonds. The van der Waals surface area contributed by atoms with Gasteiger partial charge in [-0.1, -0.05) is 18.5 Å². The number of hydrogen-bond acceptors (Lipinski definition) is 7. The number of ether oxygens (including phenoxy) is 3. The highest BCUT2D eigenvalue weighted by Gasteiger charge is 2.29. The average molecular weight is 571 g/mol. The van der Waals surface area contributed by atoms with E-state index in [9.17, 15) is 14.4 Å². The first-order valence-corrected chi connectivity index (χ1v) is 13.9. The van der Waals surface area contributed by atoms with E-state index in [4.69, 9.17) is 25.8 Å². The molecule has 206 valence electrons. The van der Waals surface area contributed by atoms with E-state index in [0.717, 1.165) is 29.7 Å². The molecule has 39 heavy (non-hydrogen) atoms. The number of nitrogens with one attached hydrogen (secondary N) is 2. The number of halogens is 1. The second-order valence-corrected chi connectivity index (χ2v) is 10.9. The van der Waals surface area contributed by atoms with Crippen LogP contribution in [0.25, 0.3) is 0 Å². The number of hydrogen-bond donors (Lipinski definition) is 2. The normalized spacial score (nSPS) is 15.1. The van der Waals surface area contributed by atoms with E-state index in [1.54, 1.807) is 56.3 Å². The molecule has 0 fully saturated rings. The summed E-state index contributed by atoms with van der Waals surface area (Å²) in [7, 11) is 1.50. The highest BCUT2D eigenvalue weighted by Crippen LogP contribution is 2.40. The van der Waals surface area contributed by atoms with Crippen LogP contribution >= 0.6 is 22.9 Å². The Morgan fingerprint density at radius 1 is 1.13 bits per heavy atom. The minimum absolute atomic E-state index is 0.262. The molecule has 8 nitrogen and oxygen atoms in total. The fourth-order valence-electron chi connectivity index (χ4n) is 4.39. The standard InChI is InChI=1S/C29H31ClN2O6S/c1-5-37-29(35)25-21-12-6-16(2)14-24(21)39-28(25)32-27(34)18-7-10-20(11-8-18)38-17(3)26(33)31-22-15-19(30)9-13-23(22)36-4/h7-11,13,15-17H,5-6,12,14H2,1-4H3,(H,31,33)(H,32,34)/t16-,17-/m0/s1. The van der Waals surface area contributed by atoms with Crippen molar-refractivity contribution in [2.45, 2.75) is 46.1 Å². The molecule has 2 aromatic carbocycles. The van der Waals surface area contributed by atoms with Crippen LogP contribution in [0.5, 0.6) is 11.5 Å². The number of thiophene rings is 1. The van der Waals surface area contributed by atoms with Crippen LogP contribution in [0, 0.1) is 5.92 Å². The molecule has 0 spiro atoms. The Balaban J connectivity index is 1.43. The first kappa shape index (κ1) is 28.4. The molecule has 4 rings (SSSR count). The van der Waals surface area contributed by atoms with Gasteiger partial charge < -0.3 is 24.8 Å². The van der Waals surface area contributed by atoms with Crippen LogP contribution in [0.1, 0.15) is 58.3 Å². The lowest BCUT2D eigenvalue weighted by Gasteiger charge is -2.18. The van der Waals surface area contributed by atoms with Gasteiger partial charge in [0.15, 0.2) is 6.10 Å². The lowest BCUT2D eigenvalue weighted by atomic mass is 9.88. The SMILES string of the molecule is CCOC(=O)c1c(NC(=O)c2ccc(O[C@@H](C)C(=O)Nc3cc(Cl)ccc3OC)cc2)sc2c1CC[C@H](C)C2. The maximum atomic E-state index is 13.1. The van der Waals surface area contributed by atoms with Gasteiger partial charge in [0.1, 0.15) is 16.5 Å². The van der Waals surface area contributed by atoms with Gasteiger partial charge in [-0.25, -0.2) is 4.79 Å². The summed E-state index contributed by atoms with van der Waals surface area (Å²) in [6, 6.07) is 11.4. The van der Waals surface area contributed by atoms with Crippen LogP contribution in [0.2, 0.25) is 5.02 Å². The zero-order valence-corrected chi connectivity index (χ0v) is 23.8. The highest BCUT2D eigenvalue weighted by molar-refractivity contribution is 7.17. The van der Waals surface area contributed by atoms with Crippen molar-refractivity contribution < 1.29 is 28.6 Å². The predicted molar refractivity (Wildman–Crippen MR) is 153 cm³/mol. The van der Waals surface area contributed by atoms with E-state index in [2.05, 4.69) is 17.6 Å². The molecular formula is C29H31ClN2O6S. The molecule has 0 saturated carbocycles. The van der Waals surface area contributed by atoms with Crippen molar-refractivity contribution >= 4 is 51.4 Å². The molecule has 2 N–H and O–H groups in total. The van der Waals surface area contributed by atoms with Crippen molar-refractivity contribution in [2.24, 2.45) is 5.92 Å². The molecule has 0 unspecified atom stereocenters. The predicted octanol–water partition coefficient (Wildman–Crippen LogP) is 6.37. The molecule has 0 aliphatic heterocycles. The van der Waals surface area contributed by atoms with Gasteiger partial charge in [0.2, 0.25) is 0 Å². The summed E-state index contributed by atoms with van der Waals surface area (Å²) in [5.41, 5.74) is 2.27. The number of esters is 1. The van der Waals surface area contributed by atoms with Crippen molar-refractivity contribution in [2.75, 3.05) is 24.4 Å². The fraction of sp³-hybridized carbons (Fsp3) is 0.345. The summed E-state index contributed by atoms with van der Waals surface area (Å²) in [6.45, 7) is 5.83. The summed E-state index contributed by atoms with van der Waals surface area (Å²) < 4.78 is 16.3. The third kappa shape index (κ3) is 6.72. The Hall–Kier alpha value is -3.56. The third-order valence-electron chi connectivity index (χ3n) is 6.44. The number of amides is 2. The molecule has 1 aromatic heterocycles. The van der Waals surface area contributed by atoms with E-state index in [-0.39, 0.29) is 18.4 Å². The molecule has 0 saturated heterocycles. The van der Waals surface area contributed by atoms with Crippen molar-refractivity contribution in [3.05, 3.63) is 69.1 Å². The number of methoxy groups -OCH3 is 1. The summed E-state index contributed by atoms with van der Waals surface area (Å²) >= 11 is 7.48. The van der Waals surface area contributed by atoms with Crippen molar-refractivity contribution in [1.29, 1.82) is 0 Å². The van der Waals surface area contributed by atoms with Gasteiger partial charge in [0.05, 0.1) is 25.0 Å². The molecule has 2 atom stereocenters. The van der Waals surface area contributed by atoms with Crippen LogP contribution in [-0.2, 0) is 22.4 Å². The molecule has 10 heteroatoms. The Morgan fingerprint density at radius 2 is 1.87 bits per heavy atom. The van der Waals surface area contributed by atoms with Crippen molar-refractivity contribution in [3.8, 4) is 11.5 Å². The molecule has 1 aliphatic carbocycles. The summed E-state index contributed by atoms with van der Waals surface area (Å²) in [5.74, 6) is 0.269. The minimum atomic E-state index is -0.833. The summed E-state index contributed by atoms with van der Waals surface area (Å²) in [5, 5.41) is 6.63. The molecule has 1 aliphatic rings.